The molecule has 0 aromatic heterocycles. The molecule has 1 unspecified atom stereocenters. The average molecular weight is 785 g/mol. The van der Waals surface area contributed by atoms with Gasteiger partial charge in [0, 0.05) is 19.3 Å². The van der Waals surface area contributed by atoms with Crippen molar-refractivity contribution in [2.24, 2.45) is 0 Å². The molecule has 0 bridgehead atoms. The van der Waals surface area contributed by atoms with E-state index in [0.717, 1.165) is 96.3 Å². The minimum absolute atomic E-state index is 0.0815. The van der Waals surface area contributed by atoms with E-state index in [9.17, 15) is 14.4 Å². The number of carbonyl (C=O) groups excluding carboxylic acids is 3. The first-order chi connectivity index (χ1) is 27.5. The quantitative estimate of drug-likeness (QED) is 0.0265. The molecule has 0 radical (unpaired) electrons. The molecule has 0 aromatic carbocycles. The Bertz CT molecular complexity index is 996. The fourth-order valence-corrected chi connectivity index (χ4v) is 6.51. The minimum atomic E-state index is -0.778. The maximum atomic E-state index is 12.7. The highest BCUT2D eigenvalue weighted by atomic mass is 16.6. The van der Waals surface area contributed by atoms with E-state index in [1.54, 1.807) is 0 Å². The molecule has 0 saturated carbocycles. The van der Waals surface area contributed by atoms with Gasteiger partial charge in [-0.15, -0.1) is 0 Å². The largest absolute Gasteiger partial charge is 0.462 e. The Hall–Kier alpha value is -2.63. The summed E-state index contributed by atoms with van der Waals surface area (Å²) < 4.78 is 16.6. The molecule has 0 aliphatic carbocycles. The molecule has 56 heavy (non-hydrogen) atoms. The Labute approximate surface area is 346 Å². The molecule has 0 aliphatic rings. The molecule has 0 saturated heterocycles. The highest BCUT2D eigenvalue weighted by molar-refractivity contribution is 5.71. The number of hydrogen-bond acceptors (Lipinski definition) is 6. The van der Waals surface area contributed by atoms with Crippen molar-refractivity contribution in [2.45, 2.75) is 239 Å². The predicted octanol–water partition coefficient (Wildman–Crippen LogP) is 15.1. The molecular formula is C50H88O6. The van der Waals surface area contributed by atoms with Crippen molar-refractivity contribution >= 4 is 17.9 Å². The first kappa shape index (κ1) is 53.4. The molecule has 0 amide bonds. The van der Waals surface area contributed by atoms with Gasteiger partial charge in [-0.1, -0.05) is 185 Å². The lowest BCUT2D eigenvalue weighted by Gasteiger charge is -2.18. The molecular weight excluding hydrogens is 697 g/mol. The summed E-state index contributed by atoms with van der Waals surface area (Å²) >= 11 is 0. The zero-order valence-corrected chi connectivity index (χ0v) is 36.9. The Kier molecular flexibility index (Phi) is 43.0. The molecule has 0 fully saturated rings. The SMILES string of the molecule is CC/C=C\C/C=C\C/C=C\CCCCCCCC(=O)OC(COC(=O)CCCCCCCC)COC(=O)CCCCCCCCC/C=C\CCCCCCCC. The van der Waals surface area contributed by atoms with Gasteiger partial charge in [-0.25, -0.2) is 0 Å². The van der Waals surface area contributed by atoms with Crippen molar-refractivity contribution in [3.05, 3.63) is 48.6 Å². The van der Waals surface area contributed by atoms with Gasteiger partial charge in [0.2, 0.25) is 0 Å². The zero-order valence-electron chi connectivity index (χ0n) is 36.9. The van der Waals surface area contributed by atoms with Gasteiger partial charge < -0.3 is 14.2 Å². The number of hydrogen-bond donors (Lipinski definition) is 0. The summed E-state index contributed by atoms with van der Waals surface area (Å²) in [6, 6.07) is 0. The second kappa shape index (κ2) is 45.1. The van der Waals surface area contributed by atoms with Gasteiger partial charge in [0.15, 0.2) is 6.10 Å². The highest BCUT2D eigenvalue weighted by Gasteiger charge is 2.19. The normalized spacial score (nSPS) is 12.4. The standard InChI is InChI=1S/C50H88O6/c1-4-7-10-13-16-18-20-22-24-25-27-28-30-32-34-37-40-43-49(52)55-46-47(45-54-48(51)42-39-36-15-12-9-6-3)56-50(53)44-41-38-35-33-31-29-26-23-21-19-17-14-11-8-5-2/h8,11,17,19,22-24,26,47H,4-7,9-10,12-16,18,20-21,25,27-46H2,1-3H3/b11-8-,19-17-,24-22-,26-23-. The number of unbranched alkanes of at least 4 members (excludes halogenated alkanes) is 23. The van der Waals surface area contributed by atoms with Crippen molar-refractivity contribution in [1.29, 1.82) is 0 Å². The van der Waals surface area contributed by atoms with Crippen LogP contribution in [0.25, 0.3) is 0 Å². The minimum Gasteiger partial charge on any atom is -0.462 e. The average Bonchev–Trinajstić information content (AvgIpc) is 3.19. The molecule has 0 spiro atoms. The predicted molar refractivity (Wildman–Crippen MR) is 238 cm³/mol. The third kappa shape index (κ3) is 42.5. The molecule has 324 valence electrons. The van der Waals surface area contributed by atoms with E-state index in [2.05, 4.69) is 69.4 Å². The van der Waals surface area contributed by atoms with E-state index in [1.165, 1.54) is 96.3 Å². The van der Waals surface area contributed by atoms with Crippen LogP contribution in [0, 0.1) is 0 Å². The lowest BCUT2D eigenvalue weighted by molar-refractivity contribution is -0.167. The fraction of sp³-hybridized carbons (Fsp3) is 0.780. The number of rotatable bonds is 42. The molecule has 0 aliphatic heterocycles. The second-order valence-electron chi connectivity index (χ2n) is 15.6. The summed E-state index contributed by atoms with van der Waals surface area (Å²) in [7, 11) is 0. The Balaban J connectivity index is 4.27. The van der Waals surface area contributed by atoms with Gasteiger partial charge in [0.1, 0.15) is 13.2 Å². The van der Waals surface area contributed by atoms with Gasteiger partial charge in [-0.3, -0.25) is 14.4 Å². The van der Waals surface area contributed by atoms with Crippen LogP contribution >= 0.6 is 0 Å². The molecule has 0 heterocycles. The summed E-state index contributed by atoms with van der Waals surface area (Å²) in [4.78, 5) is 37.6. The molecule has 6 nitrogen and oxygen atoms in total. The smallest absolute Gasteiger partial charge is 0.306 e. The summed E-state index contributed by atoms with van der Waals surface area (Å²) in [6.45, 7) is 6.44. The summed E-state index contributed by atoms with van der Waals surface area (Å²) in [6.07, 6.45) is 52.6. The number of carbonyl (C=O) groups is 3. The first-order valence-electron chi connectivity index (χ1n) is 23.6. The van der Waals surface area contributed by atoms with E-state index < -0.39 is 6.10 Å². The maximum Gasteiger partial charge on any atom is 0.306 e. The Morgan fingerprint density at radius 2 is 0.696 bits per heavy atom. The van der Waals surface area contributed by atoms with E-state index in [1.807, 2.05) is 0 Å². The zero-order chi connectivity index (χ0) is 40.8. The van der Waals surface area contributed by atoms with Gasteiger partial charge >= 0.3 is 17.9 Å². The second-order valence-corrected chi connectivity index (χ2v) is 15.6. The van der Waals surface area contributed by atoms with Gasteiger partial charge in [0.05, 0.1) is 0 Å². The number of allylic oxidation sites excluding steroid dienone is 8. The van der Waals surface area contributed by atoms with Crippen LogP contribution in [0.1, 0.15) is 233 Å². The molecule has 0 N–H and O–H groups in total. The van der Waals surface area contributed by atoms with Crippen molar-refractivity contribution in [2.75, 3.05) is 13.2 Å². The first-order valence-corrected chi connectivity index (χ1v) is 23.6. The fourth-order valence-electron chi connectivity index (χ4n) is 6.51. The topological polar surface area (TPSA) is 78.9 Å². The highest BCUT2D eigenvalue weighted by Crippen LogP contribution is 2.14. The summed E-state index contributed by atoms with van der Waals surface area (Å²) in [5.41, 5.74) is 0. The van der Waals surface area contributed by atoms with Gasteiger partial charge in [-0.05, 0) is 77.0 Å². The van der Waals surface area contributed by atoms with Crippen molar-refractivity contribution in [1.82, 2.24) is 0 Å². The van der Waals surface area contributed by atoms with E-state index >= 15 is 0 Å². The third-order valence-electron chi connectivity index (χ3n) is 10.1. The molecule has 0 rings (SSSR count). The number of esters is 3. The van der Waals surface area contributed by atoms with Gasteiger partial charge in [0.25, 0.3) is 0 Å². The monoisotopic (exact) mass is 785 g/mol. The van der Waals surface area contributed by atoms with Crippen LogP contribution in [0.2, 0.25) is 0 Å². The van der Waals surface area contributed by atoms with Crippen LogP contribution in [0.4, 0.5) is 0 Å². The third-order valence-corrected chi connectivity index (χ3v) is 10.1. The van der Waals surface area contributed by atoms with Crippen LogP contribution < -0.4 is 0 Å². The van der Waals surface area contributed by atoms with Crippen molar-refractivity contribution in [3.8, 4) is 0 Å². The molecule has 1 atom stereocenters. The molecule has 0 aromatic rings. The Morgan fingerprint density at radius 3 is 1.11 bits per heavy atom. The van der Waals surface area contributed by atoms with Crippen LogP contribution in [-0.2, 0) is 28.6 Å². The summed E-state index contributed by atoms with van der Waals surface area (Å²) in [5, 5.41) is 0. The van der Waals surface area contributed by atoms with E-state index in [4.69, 9.17) is 14.2 Å². The maximum absolute atomic E-state index is 12.7. The molecule has 6 heteroatoms. The van der Waals surface area contributed by atoms with Crippen molar-refractivity contribution < 1.29 is 28.6 Å². The lowest BCUT2D eigenvalue weighted by atomic mass is 10.1. The van der Waals surface area contributed by atoms with Crippen LogP contribution in [0.5, 0.6) is 0 Å². The van der Waals surface area contributed by atoms with E-state index in [0.29, 0.717) is 19.3 Å². The Morgan fingerprint density at radius 1 is 0.375 bits per heavy atom. The van der Waals surface area contributed by atoms with Crippen molar-refractivity contribution in [3.63, 3.8) is 0 Å². The van der Waals surface area contributed by atoms with Crippen LogP contribution in [0.15, 0.2) is 48.6 Å². The van der Waals surface area contributed by atoms with Crippen LogP contribution in [0.3, 0.4) is 0 Å². The van der Waals surface area contributed by atoms with Crippen LogP contribution in [-0.4, -0.2) is 37.2 Å². The number of ether oxygens (including phenoxy) is 3. The van der Waals surface area contributed by atoms with Gasteiger partial charge in [-0.2, -0.15) is 0 Å². The summed E-state index contributed by atoms with van der Waals surface area (Å²) in [5.74, 6) is -0.911. The van der Waals surface area contributed by atoms with E-state index in [-0.39, 0.29) is 31.1 Å². The lowest BCUT2D eigenvalue weighted by Crippen LogP contribution is -2.30.